The van der Waals surface area contributed by atoms with E-state index in [0.717, 1.165) is 61.5 Å². The average molecular weight is 348 g/mol. The number of methoxy groups -OCH3 is 1. The molecule has 1 N–H and O–H groups in total. The molecule has 138 valence electrons. The quantitative estimate of drug-likeness (QED) is 0.823. The maximum absolute atomic E-state index is 5.91. The van der Waals surface area contributed by atoms with E-state index in [1.807, 2.05) is 27.0 Å². The highest BCUT2D eigenvalue weighted by Crippen LogP contribution is 2.24. The van der Waals surface area contributed by atoms with Gasteiger partial charge in [0.1, 0.15) is 11.5 Å². The molecule has 0 spiro atoms. The van der Waals surface area contributed by atoms with E-state index < -0.39 is 0 Å². The Morgan fingerprint density at radius 3 is 2.68 bits per heavy atom. The Morgan fingerprint density at radius 1 is 1.28 bits per heavy atom. The van der Waals surface area contributed by atoms with Crippen molar-refractivity contribution in [2.24, 2.45) is 7.05 Å². The molecule has 3 rings (SSSR count). The van der Waals surface area contributed by atoms with Crippen LogP contribution in [0.15, 0.2) is 16.5 Å². The summed E-state index contributed by atoms with van der Waals surface area (Å²) in [5, 5.41) is 8.00. The molecule has 7 heteroatoms. The minimum Gasteiger partial charge on any atom is -0.481 e. The first-order chi connectivity index (χ1) is 12.1. The van der Waals surface area contributed by atoms with E-state index in [1.165, 1.54) is 0 Å². The number of hydrogen-bond donors (Lipinski definition) is 1. The number of ether oxygens (including phenoxy) is 2. The third-order valence-electron chi connectivity index (χ3n) is 4.70. The van der Waals surface area contributed by atoms with Crippen molar-refractivity contribution >= 4 is 0 Å². The second-order valence-electron chi connectivity index (χ2n) is 6.44. The summed E-state index contributed by atoms with van der Waals surface area (Å²) in [6.45, 7) is 8.87. The Labute approximate surface area is 148 Å². The monoisotopic (exact) mass is 348 g/mol. The van der Waals surface area contributed by atoms with Crippen LogP contribution in [0.1, 0.15) is 28.8 Å². The van der Waals surface area contributed by atoms with Crippen molar-refractivity contribution in [2.45, 2.75) is 26.4 Å². The Kier molecular flexibility index (Phi) is 5.78. The molecule has 0 bridgehead atoms. The molecule has 0 aliphatic carbocycles. The highest BCUT2D eigenvalue weighted by molar-refractivity contribution is 5.30. The molecule has 1 unspecified atom stereocenters. The second kappa shape index (κ2) is 8.03. The zero-order chi connectivity index (χ0) is 17.8. The molecule has 3 heterocycles. The highest BCUT2D eigenvalue weighted by Gasteiger charge is 2.25. The molecule has 2 aromatic heterocycles. The molecule has 0 saturated carbocycles. The topological polar surface area (TPSA) is 64.7 Å². The third-order valence-corrected chi connectivity index (χ3v) is 4.70. The Hall–Kier alpha value is -1.83. The van der Waals surface area contributed by atoms with Crippen molar-refractivity contribution in [1.82, 2.24) is 20.0 Å². The van der Waals surface area contributed by atoms with Crippen LogP contribution in [0.5, 0.6) is 5.88 Å². The van der Waals surface area contributed by atoms with Crippen LogP contribution in [0.2, 0.25) is 0 Å². The van der Waals surface area contributed by atoms with Gasteiger partial charge >= 0.3 is 0 Å². The lowest BCUT2D eigenvalue weighted by Crippen LogP contribution is -2.42. The van der Waals surface area contributed by atoms with Crippen molar-refractivity contribution in [3.63, 3.8) is 0 Å². The second-order valence-corrected chi connectivity index (χ2v) is 6.44. The van der Waals surface area contributed by atoms with Gasteiger partial charge in [-0.1, -0.05) is 0 Å². The van der Waals surface area contributed by atoms with Crippen LogP contribution in [0, 0.1) is 13.8 Å². The van der Waals surface area contributed by atoms with E-state index in [1.54, 1.807) is 11.8 Å². The van der Waals surface area contributed by atoms with Crippen LogP contribution in [0.4, 0.5) is 0 Å². The Bertz CT molecular complexity index is 689. The summed E-state index contributed by atoms with van der Waals surface area (Å²) in [4.78, 5) is 2.42. The molecule has 1 fully saturated rings. The van der Waals surface area contributed by atoms with Gasteiger partial charge in [0.25, 0.3) is 0 Å². The van der Waals surface area contributed by atoms with Gasteiger partial charge in [0.05, 0.1) is 37.6 Å². The number of rotatable bonds is 7. The molecule has 7 nitrogen and oxygen atoms in total. The summed E-state index contributed by atoms with van der Waals surface area (Å²) >= 11 is 0. The minimum atomic E-state index is 0.195. The summed E-state index contributed by atoms with van der Waals surface area (Å²) in [6.07, 6.45) is 0. The standard InChI is InChI=1S/C18H28N4O3/c1-13-5-6-17(25-13)16(22-7-9-24-10-8-22)12-19-11-15-14(2)20-21(3)18(15)23-4/h5-6,16,19H,7-12H2,1-4H3. The molecule has 0 radical (unpaired) electrons. The zero-order valence-electron chi connectivity index (χ0n) is 15.5. The number of nitrogens with one attached hydrogen (secondary N) is 1. The molecule has 1 aliphatic rings. The van der Waals surface area contributed by atoms with Crippen molar-refractivity contribution in [3.8, 4) is 5.88 Å². The first kappa shape index (κ1) is 18.0. The summed E-state index contributed by atoms with van der Waals surface area (Å²) in [6, 6.07) is 4.30. The van der Waals surface area contributed by atoms with Crippen LogP contribution >= 0.6 is 0 Å². The van der Waals surface area contributed by atoms with Gasteiger partial charge in [-0.25, -0.2) is 4.68 Å². The molecule has 25 heavy (non-hydrogen) atoms. The molecular weight excluding hydrogens is 320 g/mol. The molecule has 1 saturated heterocycles. The third kappa shape index (κ3) is 4.05. The van der Waals surface area contributed by atoms with Gasteiger partial charge in [0.15, 0.2) is 0 Å². The highest BCUT2D eigenvalue weighted by atomic mass is 16.5. The van der Waals surface area contributed by atoms with Crippen molar-refractivity contribution in [2.75, 3.05) is 40.0 Å². The van der Waals surface area contributed by atoms with E-state index in [9.17, 15) is 0 Å². The van der Waals surface area contributed by atoms with E-state index in [4.69, 9.17) is 13.9 Å². The Morgan fingerprint density at radius 2 is 2.04 bits per heavy atom. The first-order valence-corrected chi connectivity index (χ1v) is 8.75. The fourth-order valence-electron chi connectivity index (χ4n) is 3.40. The number of aromatic nitrogens is 2. The van der Waals surface area contributed by atoms with Gasteiger partial charge in [0, 0.05) is 33.2 Å². The number of nitrogens with zero attached hydrogens (tertiary/aromatic N) is 3. The molecule has 1 aliphatic heterocycles. The Balaban J connectivity index is 1.68. The predicted molar refractivity (Wildman–Crippen MR) is 94.8 cm³/mol. The van der Waals surface area contributed by atoms with Crippen LogP contribution in [0.25, 0.3) is 0 Å². The zero-order valence-corrected chi connectivity index (χ0v) is 15.5. The number of hydrogen-bond acceptors (Lipinski definition) is 6. The first-order valence-electron chi connectivity index (χ1n) is 8.75. The average Bonchev–Trinajstić information content (AvgIpc) is 3.15. The molecule has 1 atom stereocenters. The van der Waals surface area contributed by atoms with Crippen molar-refractivity contribution in [1.29, 1.82) is 0 Å². The normalized spacial score (nSPS) is 17.0. The van der Waals surface area contributed by atoms with E-state index in [-0.39, 0.29) is 6.04 Å². The van der Waals surface area contributed by atoms with Gasteiger partial charge in [-0.15, -0.1) is 0 Å². The minimum absolute atomic E-state index is 0.195. The lowest BCUT2D eigenvalue weighted by Gasteiger charge is -2.33. The number of furan rings is 1. The summed E-state index contributed by atoms with van der Waals surface area (Å²) in [5.41, 5.74) is 2.09. The lowest BCUT2D eigenvalue weighted by atomic mass is 10.1. The molecule has 0 amide bonds. The van der Waals surface area contributed by atoms with Gasteiger partial charge in [-0.3, -0.25) is 4.90 Å². The lowest BCUT2D eigenvalue weighted by molar-refractivity contribution is 0.0115. The van der Waals surface area contributed by atoms with Gasteiger partial charge in [0.2, 0.25) is 5.88 Å². The number of morpholine rings is 1. The van der Waals surface area contributed by atoms with Crippen molar-refractivity contribution < 1.29 is 13.9 Å². The fraction of sp³-hybridized carbons (Fsp3) is 0.611. The van der Waals surface area contributed by atoms with E-state index in [0.29, 0.717) is 6.54 Å². The summed E-state index contributed by atoms with van der Waals surface area (Å²) < 4.78 is 18.7. The van der Waals surface area contributed by atoms with Gasteiger partial charge < -0.3 is 19.2 Å². The van der Waals surface area contributed by atoms with E-state index in [2.05, 4.69) is 21.4 Å². The fourth-order valence-corrected chi connectivity index (χ4v) is 3.40. The largest absolute Gasteiger partial charge is 0.481 e. The molecule has 0 aromatic carbocycles. The summed E-state index contributed by atoms with van der Waals surface area (Å²) in [5.74, 6) is 2.75. The maximum atomic E-state index is 5.91. The van der Waals surface area contributed by atoms with Crippen molar-refractivity contribution in [3.05, 3.63) is 34.9 Å². The van der Waals surface area contributed by atoms with Crippen LogP contribution < -0.4 is 10.1 Å². The molecule has 2 aromatic rings. The van der Waals surface area contributed by atoms with E-state index >= 15 is 0 Å². The van der Waals surface area contributed by atoms with Crippen LogP contribution in [-0.2, 0) is 18.3 Å². The maximum Gasteiger partial charge on any atom is 0.216 e. The number of aryl methyl sites for hydroxylation is 3. The molecular formula is C18H28N4O3. The van der Waals surface area contributed by atoms with Crippen LogP contribution in [0.3, 0.4) is 0 Å². The van der Waals surface area contributed by atoms with Gasteiger partial charge in [-0.05, 0) is 26.0 Å². The SMILES string of the molecule is COc1c(CNCC(c2ccc(C)o2)N2CCOCC2)c(C)nn1C. The smallest absolute Gasteiger partial charge is 0.216 e. The predicted octanol–water partition coefficient (Wildman–Crippen LogP) is 1.80. The van der Waals surface area contributed by atoms with Crippen LogP contribution in [-0.4, -0.2) is 54.6 Å². The van der Waals surface area contributed by atoms with Gasteiger partial charge in [-0.2, -0.15) is 5.10 Å². The summed E-state index contributed by atoms with van der Waals surface area (Å²) in [7, 11) is 3.58.